The van der Waals surface area contributed by atoms with Crippen molar-refractivity contribution in [3.8, 4) is 5.75 Å². The summed E-state index contributed by atoms with van der Waals surface area (Å²) >= 11 is 0. The van der Waals surface area contributed by atoms with Gasteiger partial charge in [0, 0.05) is 11.8 Å². The summed E-state index contributed by atoms with van der Waals surface area (Å²) in [5.41, 5.74) is 7.62. The van der Waals surface area contributed by atoms with Crippen molar-refractivity contribution in [1.82, 2.24) is 14.7 Å². The second-order valence-corrected chi connectivity index (χ2v) is 6.24. The first-order valence-corrected chi connectivity index (χ1v) is 8.88. The Hall–Kier alpha value is -3.39. The standard InChI is InChI=1S/C20H22N4O4/c1-3-28-16-8-5-9-24-17(12(2)22-19(16)24)20(27)23-15(11-25)13-6-4-7-14(10-13)18(21)26/h4-10,15,25H,3,11H2,1-2H3,(H2,21,26)(H,23,27)/t15-/m0/s1. The number of hydrogen-bond donors (Lipinski definition) is 3. The van der Waals surface area contributed by atoms with E-state index in [1.165, 1.54) is 0 Å². The van der Waals surface area contributed by atoms with E-state index in [2.05, 4.69) is 10.3 Å². The van der Waals surface area contributed by atoms with Crippen LogP contribution in [0.2, 0.25) is 0 Å². The Labute approximate surface area is 162 Å². The summed E-state index contributed by atoms with van der Waals surface area (Å²) < 4.78 is 7.23. The number of fused-ring (bicyclic) bond motifs is 1. The molecule has 0 bridgehead atoms. The summed E-state index contributed by atoms with van der Waals surface area (Å²) in [5.74, 6) is -0.395. The number of nitrogens with two attached hydrogens (primary N) is 1. The molecular weight excluding hydrogens is 360 g/mol. The van der Waals surface area contributed by atoms with Crippen LogP contribution >= 0.6 is 0 Å². The van der Waals surface area contributed by atoms with Crippen molar-refractivity contribution in [3.63, 3.8) is 0 Å². The number of primary amides is 1. The van der Waals surface area contributed by atoms with Gasteiger partial charge in [0.1, 0.15) is 5.69 Å². The first-order valence-electron chi connectivity index (χ1n) is 8.88. The van der Waals surface area contributed by atoms with E-state index in [0.717, 1.165) is 0 Å². The lowest BCUT2D eigenvalue weighted by Crippen LogP contribution is -2.32. The van der Waals surface area contributed by atoms with Gasteiger partial charge >= 0.3 is 0 Å². The van der Waals surface area contributed by atoms with E-state index in [0.29, 0.717) is 40.5 Å². The molecule has 2 amide bonds. The fourth-order valence-electron chi connectivity index (χ4n) is 3.07. The summed E-state index contributed by atoms with van der Waals surface area (Å²) in [7, 11) is 0. The molecule has 1 atom stereocenters. The summed E-state index contributed by atoms with van der Waals surface area (Å²) in [6.07, 6.45) is 1.73. The first kappa shape index (κ1) is 19.4. The van der Waals surface area contributed by atoms with Crippen LogP contribution in [0.1, 0.15) is 45.1 Å². The number of rotatable bonds is 7. The molecule has 1 aromatic carbocycles. The average molecular weight is 382 g/mol. The number of ether oxygens (including phenoxy) is 1. The molecule has 3 aromatic rings. The number of aromatic nitrogens is 2. The zero-order valence-electron chi connectivity index (χ0n) is 15.7. The maximum atomic E-state index is 13.0. The van der Waals surface area contributed by atoms with Gasteiger partial charge in [0.15, 0.2) is 11.4 Å². The van der Waals surface area contributed by atoms with Gasteiger partial charge in [-0.05, 0) is 43.7 Å². The molecule has 0 radical (unpaired) electrons. The van der Waals surface area contributed by atoms with Crippen molar-refractivity contribution in [2.24, 2.45) is 5.73 Å². The monoisotopic (exact) mass is 382 g/mol. The topological polar surface area (TPSA) is 119 Å². The van der Waals surface area contributed by atoms with Crippen LogP contribution < -0.4 is 15.8 Å². The van der Waals surface area contributed by atoms with Gasteiger partial charge in [-0.15, -0.1) is 0 Å². The molecule has 2 heterocycles. The van der Waals surface area contributed by atoms with Gasteiger partial charge in [0.25, 0.3) is 5.91 Å². The molecule has 28 heavy (non-hydrogen) atoms. The predicted octanol–water partition coefficient (Wildman–Crippen LogP) is 1.60. The molecule has 0 fully saturated rings. The highest BCUT2D eigenvalue weighted by Gasteiger charge is 2.22. The summed E-state index contributed by atoms with van der Waals surface area (Å²) in [5, 5.41) is 12.6. The van der Waals surface area contributed by atoms with E-state index >= 15 is 0 Å². The third kappa shape index (κ3) is 3.67. The Kier molecular flexibility index (Phi) is 5.60. The van der Waals surface area contributed by atoms with Crippen molar-refractivity contribution < 1.29 is 19.4 Å². The Morgan fingerprint density at radius 1 is 1.32 bits per heavy atom. The maximum Gasteiger partial charge on any atom is 0.270 e. The summed E-state index contributed by atoms with van der Waals surface area (Å²) in [6.45, 7) is 3.75. The van der Waals surface area contributed by atoms with Gasteiger partial charge in [0.05, 0.1) is 24.9 Å². The van der Waals surface area contributed by atoms with E-state index < -0.39 is 17.9 Å². The Balaban J connectivity index is 1.94. The molecule has 0 spiro atoms. The van der Waals surface area contributed by atoms with Crippen molar-refractivity contribution >= 4 is 17.5 Å². The lowest BCUT2D eigenvalue weighted by molar-refractivity contribution is 0.0909. The van der Waals surface area contributed by atoms with Crippen molar-refractivity contribution in [1.29, 1.82) is 0 Å². The number of aryl methyl sites for hydroxylation is 1. The zero-order chi connectivity index (χ0) is 20.3. The number of nitrogens with one attached hydrogen (secondary N) is 1. The smallest absolute Gasteiger partial charge is 0.270 e. The largest absolute Gasteiger partial charge is 0.490 e. The van der Waals surface area contributed by atoms with Crippen LogP contribution in [0.25, 0.3) is 5.65 Å². The van der Waals surface area contributed by atoms with Gasteiger partial charge in [0.2, 0.25) is 5.91 Å². The van der Waals surface area contributed by atoms with E-state index in [-0.39, 0.29) is 6.61 Å². The number of carbonyl (C=O) groups is 2. The minimum absolute atomic E-state index is 0.303. The van der Waals surface area contributed by atoms with Crippen LogP contribution in [-0.2, 0) is 0 Å². The SMILES string of the molecule is CCOc1cccn2c(C(=O)N[C@@H](CO)c3cccc(C(N)=O)c3)c(C)nc12. The molecular formula is C20H22N4O4. The highest BCUT2D eigenvalue weighted by molar-refractivity contribution is 5.95. The maximum absolute atomic E-state index is 13.0. The molecule has 0 aliphatic carbocycles. The van der Waals surface area contributed by atoms with Gasteiger partial charge in [-0.3, -0.25) is 14.0 Å². The number of aliphatic hydroxyl groups is 1. The van der Waals surface area contributed by atoms with Crippen LogP contribution in [0, 0.1) is 6.92 Å². The second kappa shape index (κ2) is 8.10. The summed E-state index contributed by atoms with van der Waals surface area (Å²) in [6, 6.07) is 9.35. The molecule has 0 aliphatic heterocycles. The van der Waals surface area contributed by atoms with Gasteiger partial charge in [-0.25, -0.2) is 4.98 Å². The highest BCUT2D eigenvalue weighted by atomic mass is 16.5. The molecule has 3 rings (SSSR count). The average Bonchev–Trinajstić information content (AvgIpc) is 3.03. The zero-order valence-corrected chi connectivity index (χ0v) is 15.7. The predicted molar refractivity (Wildman–Crippen MR) is 103 cm³/mol. The van der Waals surface area contributed by atoms with Crippen LogP contribution in [0.15, 0.2) is 42.6 Å². The minimum atomic E-state index is -0.702. The van der Waals surface area contributed by atoms with Crippen LogP contribution in [0.3, 0.4) is 0 Å². The van der Waals surface area contributed by atoms with E-state index in [1.807, 2.05) is 6.92 Å². The molecule has 0 aliphatic rings. The molecule has 0 saturated carbocycles. The van der Waals surface area contributed by atoms with Gasteiger partial charge in [-0.1, -0.05) is 12.1 Å². The number of pyridine rings is 1. The third-order valence-electron chi connectivity index (χ3n) is 4.36. The lowest BCUT2D eigenvalue weighted by Gasteiger charge is -2.17. The number of amides is 2. The van der Waals surface area contributed by atoms with Crippen molar-refractivity contribution in [2.75, 3.05) is 13.2 Å². The number of nitrogens with zero attached hydrogens (tertiary/aromatic N) is 2. The normalized spacial score (nSPS) is 12.0. The lowest BCUT2D eigenvalue weighted by atomic mass is 10.0. The number of carbonyl (C=O) groups excluding carboxylic acids is 2. The Morgan fingerprint density at radius 3 is 2.79 bits per heavy atom. The molecule has 2 aromatic heterocycles. The quantitative estimate of drug-likeness (QED) is 0.573. The number of aliphatic hydroxyl groups excluding tert-OH is 1. The molecule has 0 saturated heterocycles. The molecule has 4 N–H and O–H groups in total. The van der Waals surface area contributed by atoms with Gasteiger partial charge in [-0.2, -0.15) is 0 Å². The van der Waals surface area contributed by atoms with E-state index in [4.69, 9.17) is 10.5 Å². The van der Waals surface area contributed by atoms with Crippen molar-refractivity contribution in [3.05, 3.63) is 65.1 Å². The number of benzene rings is 1. The molecule has 8 nitrogen and oxygen atoms in total. The third-order valence-corrected chi connectivity index (χ3v) is 4.36. The number of imidazole rings is 1. The van der Waals surface area contributed by atoms with Crippen molar-refractivity contribution in [2.45, 2.75) is 19.9 Å². The second-order valence-electron chi connectivity index (χ2n) is 6.24. The fourth-order valence-corrected chi connectivity index (χ4v) is 3.07. The van der Waals surface area contributed by atoms with E-state index in [9.17, 15) is 14.7 Å². The van der Waals surface area contributed by atoms with Crippen LogP contribution in [0.4, 0.5) is 0 Å². The Morgan fingerprint density at radius 2 is 2.11 bits per heavy atom. The number of hydrogen-bond acceptors (Lipinski definition) is 5. The molecule has 8 heteroatoms. The Bertz CT molecular complexity index is 1030. The van der Waals surface area contributed by atoms with Crippen LogP contribution in [-0.4, -0.2) is 39.5 Å². The van der Waals surface area contributed by atoms with E-state index in [1.54, 1.807) is 53.9 Å². The first-order chi connectivity index (χ1) is 13.5. The summed E-state index contributed by atoms with van der Waals surface area (Å²) in [4.78, 5) is 28.8. The van der Waals surface area contributed by atoms with Gasteiger partial charge < -0.3 is 20.9 Å². The highest BCUT2D eigenvalue weighted by Crippen LogP contribution is 2.23. The van der Waals surface area contributed by atoms with Crippen LogP contribution in [0.5, 0.6) is 5.75 Å². The fraction of sp³-hybridized carbons (Fsp3) is 0.250. The molecule has 0 unspecified atom stereocenters. The molecule has 146 valence electrons. The minimum Gasteiger partial charge on any atom is -0.490 e.